The second-order valence-electron chi connectivity index (χ2n) is 5.53. The van der Waals surface area contributed by atoms with Gasteiger partial charge in [0.25, 0.3) is 0 Å². The predicted molar refractivity (Wildman–Crippen MR) is 74.8 cm³/mol. The van der Waals surface area contributed by atoms with Crippen molar-refractivity contribution in [1.82, 2.24) is 4.98 Å². The van der Waals surface area contributed by atoms with Crippen LogP contribution < -0.4 is 4.74 Å². The summed E-state index contributed by atoms with van der Waals surface area (Å²) >= 11 is 0. The van der Waals surface area contributed by atoms with Crippen LogP contribution >= 0.6 is 0 Å². The van der Waals surface area contributed by atoms with E-state index in [2.05, 4.69) is 11.6 Å². The molecular formula is C15H18F3NO4. The molecule has 0 bridgehead atoms. The lowest BCUT2D eigenvalue weighted by Crippen LogP contribution is -2.55. The van der Waals surface area contributed by atoms with Crippen LogP contribution in [0.15, 0.2) is 30.4 Å². The molecule has 8 heteroatoms. The van der Waals surface area contributed by atoms with Crippen LogP contribution in [0.4, 0.5) is 13.2 Å². The second kappa shape index (κ2) is 6.86. The lowest BCUT2D eigenvalue weighted by molar-refractivity contribution is -0.180. The molecule has 0 aliphatic carbocycles. The van der Waals surface area contributed by atoms with Crippen LogP contribution in [0.25, 0.3) is 0 Å². The van der Waals surface area contributed by atoms with Crippen LogP contribution in [0.5, 0.6) is 5.88 Å². The third-order valence-electron chi connectivity index (χ3n) is 3.42. The van der Waals surface area contributed by atoms with Gasteiger partial charge in [-0.05, 0) is 19.4 Å². The largest absolute Gasteiger partial charge is 0.469 e. The first-order valence-electron chi connectivity index (χ1n) is 7.01. The number of ether oxygens (including phenoxy) is 2. The summed E-state index contributed by atoms with van der Waals surface area (Å²) < 4.78 is 48.5. The Kier molecular flexibility index (Phi) is 5.28. The summed E-state index contributed by atoms with van der Waals surface area (Å²) in [6.07, 6.45) is -8.39. The number of nitrogens with zero attached hydrogens (tertiary/aromatic N) is 1. The monoisotopic (exact) mass is 333 g/mol. The highest BCUT2D eigenvalue weighted by molar-refractivity contribution is 5.18. The Morgan fingerprint density at radius 3 is 2.70 bits per heavy atom. The van der Waals surface area contributed by atoms with E-state index in [0.29, 0.717) is 6.42 Å². The lowest BCUT2D eigenvalue weighted by Gasteiger charge is -2.37. The zero-order chi connectivity index (χ0) is 17.2. The molecule has 1 aromatic heterocycles. The van der Waals surface area contributed by atoms with Gasteiger partial charge in [0.2, 0.25) is 5.88 Å². The van der Waals surface area contributed by atoms with Crippen LogP contribution in [0, 0.1) is 0 Å². The Labute approximate surface area is 131 Å². The quantitative estimate of drug-likeness (QED) is 0.824. The first-order valence-corrected chi connectivity index (χ1v) is 7.01. The molecule has 128 valence electrons. The number of rotatable bonds is 4. The molecule has 2 N–H and O–H groups in total. The summed E-state index contributed by atoms with van der Waals surface area (Å²) in [6, 6.07) is 3.22. The second-order valence-corrected chi connectivity index (χ2v) is 5.53. The summed E-state index contributed by atoms with van der Waals surface area (Å²) in [5.41, 5.74) is -0.318. The zero-order valence-corrected chi connectivity index (χ0v) is 12.5. The number of alkyl halides is 3. The molecular weight excluding hydrogens is 315 g/mol. The van der Waals surface area contributed by atoms with Crippen LogP contribution in [0.3, 0.4) is 0 Å². The van der Waals surface area contributed by atoms with Gasteiger partial charge in [0.1, 0.15) is 17.9 Å². The Morgan fingerprint density at radius 1 is 1.39 bits per heavy atom. The molecule has 0 radical (unpaired) electrons. The van der Waals surface area contributed by atoms with Gasteiger partial charge in [0.15, 0.2) is 6.10 Å². The minimum Gasteiger partial charge on any atom is -0.469 e. The number of aromatic nitrogens is 1. The van der Waals surface area contributed by atoms with Crippen molar-refractivity contribution in [2.75, 3.05) is 6.61 Å². The van der Waals surface area contributed by atoms with Crippen molar-refractivity contribution in [3.63, 3.8) is 0 Å². The maximum atomic E-state index is 12.6. The van der Waals surface area contributed by atoms with E-state index in [1.807, 2.05) is 0 Å². The third kappa shape index (κ3) is 4.43. The first-order chi connectivity index (χ1) is 10.7. The maximum absolute atomic E-state index is 12.6. The molecule has 2 rings (SSSR count). The number of aliphatic hydroxyl groups excluding tert-OH is 2. The normalized spacial score (nSPS) is 28.4. The van der Waals surface area contributed by atoms with Gasteiger partial charge in [-0.25, -0.2) is 4.98 Å². The molecule has 0 unspecified atom stereocenters. The number of hydrogen-bond donors (Lipinski definition) is 2. The SMILES string of the molecule is C=C(C)C[C@H]1OC[C@H](Oc2cccc(C(F)(F)F)n2)[C@@H](O)[C@H]1O. The van der Waals surface area contributed by atoms with Crippen molar-refractivity contribution >= 4 is 0 Å². The number of aliphatic hydroxyl groups is 2. The number of halogens is 3. The van der Waals surface area contributed by atoms with Crippen molar-refractivity contribution in [3.05, 3.63) is 36.0 Å². The Hall–Kier alpha value is -1.64. The van der Waals surface area contributed by atoms with Crippen molar-refractivity contribution in [2.24, 2.45) is 0 Å². The molecule has 0 saturated carbocycles. The molecule has 1 aliphatic heterocycles. The fourth-order valence-electron chi connectivity index (χ4n) is 2.28. The maximum Gasteiger partial charge on any atom is 0.433 e. The Morgan fingerprint density at radius 2 is 2.09 bits per heavy atom. The van der Waals surface area contributed by atoms with Crippen LogP contribution in [0.1, 0.15) is 19.0 Å². The van der Waals surface area contributed by atoms with E-state index in [-0.39, 0.29) is 12.5 Å². The van der Waals surface area contributed by atoms with E-state index < -0.39 is 36.3 Å². The Bertz CT molecular complexity index is 564. The van der Waals surface area contributed by atoms with Gasteiger partial charge in [0.05, 0.1) is 12.7 Å². The molecule has 1 fully saturated rings. The molecule has 1 saturated heterocycles. The third-order valence-corrected chi connectivity index (χ3v) is 3.42. The molecule has 0 spiro atoms. The summed E-state index contributed by atoms with van der Waals surface area (Å²) in [4.78, 5) is 3.36. The number of pyridine rings is 1. The van der Waals surface area contributed by atoms with Crippen molar-refractivity contribution in [3.8, 4) is 5.88 Å². The van der Waals surface area contributed by atoms with Crippen molar-refractivity contribution < 1.29 is 32.9 Å². The average molecular weight is 333 g/mol. The highest BCUT2D eigenvalue weighted by Crippen LogP contribution is 2.29. The number of hydrogen-bond acceptors (Lipinski definition) is 5. The molecule has 5 nitrogen and oxygen atoms in total. The van der Waals surface area contributed by atoms with Crippen LogP contribution in [-0.4, -0.2) is 46.2 Å². The standard InChI is InChI=1S/C15H18F3NO4/c1-8(2)6-9-13(20)14(21)10(7-22-9)23-12-5-3-4-11(19-12)15(16,17)18/h3-5,9-10,13-14,20-21H,1,6-7H2,2H3/t9-,10+,13+,14-/m1/s1. The first kappa shape index (κ1) is 17.7. The lowest BCUT2D eigenvalue weighted by atomic mass is 9.96. The van der Waals surface area contributed by atoms with E-state index in [4.69, 9.17) is 9.47 Å². The van der Waals surface area contributed by atoms with Gasteiger partial charge in [-0.3, -0.25) is 0 Å². The van der Waals surface area contributed by atoms with E-state index in [9.17, 15) is 23.4 Å². The minimum atomic E-state index is -4.59. The van der Waals surface area contributed by atoms with Gasteiger partial charge in [0, 0.05) is 6.07 Å². The van der Waals surface area contributed by atoms with Crippen LogP contribution in [0.2, 0.25) is 0 Å². The smallest absolute Gasteiger partial charge is 0.433 e. The molecule has 0 aromatic carbocycles. The average Bonchev–Trinajstić information content (AvgIpc) is 2.46. The van der Waals surface area contributed by atoms with Gasteiger partial charge >= 0.3 is 6.18 Å². The predicted octanol–water partition coefficient (Wildman–Crippen LogP) is 1.93. The molecule has 1 aromatic rings. The van der Waals surface area contributed by atoms with Crippen molar-refractivity contribution in [2.45, 2.75) is 43.9 Å². The minimum absolute atomic E-state index is 0.0753. The summed E-state index contributed by atoms with van der Waals surface area (Å²) in [6.45, 7) is 5.39. The van der Waals surface area contributed by atoms with Crippen LogP contribution in [-0.2, 0) is 10.9 Å². The summed E-state index contributed by atoms with van der Waals surface area (Å²) in [7, 11) is 0. The highest BCUT2D eigenvalue weighted by atomic mass is 19.4. The van der Waals surface area contributed by atoms with E-state index in [1.165, 1.54) is 6.07 Å². The highest BCUT2D eigenvalue weighted by Gasteiger charge is 2.40. The summed E-state index contributed by atoms with van der Waals surface area (Å²) in [5.74, 6) is -0.293. The van der Waals surface area contributed by atoms with Gasteiger partial charge in [-0.2, -0.15) is 13.2 Å². The fourth-order valence-corrected chi connectivity index (χ4v) is 2.28. The summed E-state index contributed by atoms with van der Waals surface area (Å²) in [5, 5.41) is 20.1. The topological polar surface area (TPSA) is 71.8 Å². The van der Waals surface area contributed by atoms with Gasteiger partial charge in [-0.1, -0.05) is 11.6 Å². The Balaban J connectivity index is 2.05. The molecule has 2 heterocycles. The molecule has 0 amide bonds. The fraction of sp³-hybridized carbons (Fsp3) is 0.533. The van der Waals surface area contributed by atoms with E-state index >= 15 is 0 Å². The van der Waals surface area contributed by atoms with Gasteiger partial charge in [-0.15, -0.1) is 6.58 Å². The molecule has 4 atom stereocenters. The van der Waals surface area contributed by atoms with E-state index in [1.54, 1.807) is 6.92 Å². The van der Waals surface area contributed by atoms with E-state index in [0.717, 1.165) is 17.7 Å². The zero-order valence-electron chi connectivity index (χ0n) is 12.5. The molecule has 23 heavy (non-hydrogen) atoms. The molecule has 1 aliphatic rings. The van der Waals surface area contributed by atoms with Crippen molar-refractivity contribution in [1.29, 1.82) is 0 Å². The van der Waals surface area contributed by atoms with Gasteiger partial charge < -0.3 is 19.7 Å².